The lowest BCUT2D eigenvalue weighted by Crippen LogP contribution is -2.59. The molecule has 5 aliphatic rings. The number of rotatable bonds is 5. The van der Waals surface area contributed by atoms with Crippen molar-refractivity contribution in [3.05, 3.63) is 0 Å². The highest BCUT2D eigenvalue weighted by Gasteiger charge is 2.54. The lowest BCUT2D eigenvalue weighted by atomic mass is 9.48. The van der Waals surface area contributed by atoms with E-state index in [4.69, 9.17) is 4.74 Å². The number of hydrogen-bond donors (Lipinski definition) is 2. The van der Waals surface area contributed by atoms with Gasteiger partial charge in [-0.3, -0.25) is 4.79 Å². The second-order valence-corrected chi connectivity index (χ2v) is 9.44. The number of ether oxygens (including phenoxy) is 1. The number of nitrogens with one attached hydrogen (secondary N) is 2. The fourth-order valence-corrected chi connectivity index (χ4v) is 6.83. The smallest absolute Gasteiger partial charge is 0.228 e. The molecule has 136 valence electrons. The third kappa shape index (κ3) is 2.80. The summed E-state index contributed by atoms with van der Waals surface area (Å²) in [5.41, 5.74) is 0.0577. The lowest BCUT2D eigenvalue weighted by molar-refractivity contribution is -0.140. The molecule has 24 heavy (non-hydrogen) atoms. The third-order valence-electron chi connectivity index (χ3n) is 7.81. The summed E-state index contributed by atoms with van der Waals surface area (Å²) in [7, 11) is 1.72. The second kappa shape index (κ2) is 6.28. The van der Waals surface area contributed by atoms with Gasteiger partial charge in [0, 0.05) is 13.2 Å². The minimum atomic E-state index is -0.323. The van der Waals surface area contributed by atoms with Gasteiger partial charge < -0.3 is 15.4 Å². The van der Waals surface area contributed by atoms with Crippen LogP contribution in [-0.4, -0.2) is 38.8 Å². The van der Waals surface area contributed by atoms with Crippen molar-refractivity contribution in [1.29, 1.82) is 0 Å². The summed E-state index contributed by atoms with van der Waals surface area (Å²) in [6, 6.07) is 0.307. The van der Waals surface area contributed by atoms with Crippen LogP contribution in [0.15, 0.2) is 0 Å². The highest BCUT2D eigenvalue weighted by Crippen LogP contribution is 2.61. The van der Waals surface area contributed by atoms with Crippen molar-refractivity contribution in [2.45, 2.75) is 64.3 Å². The van der Waals surface area contributed by atoms with Gasteiger partial charge in [0.2, 0.25) is 5.91 Å². The van der Waals surface area contributed by atoms with E-state index < -0.39 is 0 Å². The molecule has 1 amide bonds. The van der Waals surface area contributed by atoms with Crippen LogP contribution in [0.1, 0.15) is 58.3 Å². The molecular formula is C20H34N2O2. The first-order chi connectivity index (χ1) is 11.6. The maximum atomic E-state index is 13.2. The zero-order valence-corrected chi connectivity index (χ0v) is 15.4. The molecule has 0 spiro atoms. The van der Waals surface area contributed by atoms with Gasteiger partial charge in [-0.15, -0.1) is 0 Å². The summed E-state index contributed by atoms with van der Waals surface area (Å²) in [5.74, 6) is 3.04. The molecule has 1 saturated heterocycles. The van der Waals surface area contributed by atoms with Crippen molar-refractivity contribution in [2.24, 2.45) is 28.6 Å². The topological polar surface area (TPSA) is 50.4 Å². The molecule has 4 heteroatoms. The summed E-state index contributed by atoms with van der Waals surface area (Å²) >= 11 is 0. The standard InChI is InChI=1S/C20H34N2O2/c1-14(20-10-15-7-16(11-20)9-17(8-15)12-20)22-18(23)19(13-24-2)3-5-21-6-4-19/h14-17,21H,3-13H2,1-2H3,(H,22,23). The Morgan fingerprint density at radius 2 is 1.67 bits per heavy atom. The Kier molecular flexibility index (Phi) is 4.41. The maximum absolute atomic E-state index is 13.2. The molecule has 0 aromatic heterocycles. The van der Waals surface area contributed by atoms with Crippen LogP contribution in [0.2, 0.25) is 0 Å². The first kappa shape index (κ1) is 16.8. The van der Waals surface area contributed by atoms with Gasteiger partial charge in [-0.2, -0.15) is 0 Å². The van der Waals surface area contributed by atoms with Crippen LogP contribution in [0.5, 0.6) is 0 Å². The molecule has 5 rings (SSSR count). The van der Waals surface area contributed by atoms with Crippen LogP contribution in [0.3, 0.4) is 0 Å². The molecule has 5 fully saturated rings. The predicted molar refractivity (Wildman–Crippen MR) is 94.6 cm³/mol. The van der Waals surface area contributed by atoms with Crippen molar-refractivity contribution >= 4 is 5.91 Å². The Hall–Kier alpha value is -0.610. The monoisotopic (exact) mass is 334 g/mol. The maximum Gasteiger partial charge on any atom is 0.228 e. The zero-order chi connectivity index (χ0) is 16.8. The molecule has 0 aromatic carbocycles. The minimum absolute atomic E-state index is 0.245. The van der Waals surface area contributed by atoms with E-state index in [0.29, 0.717) is 18.1 Å². The fraction of sp³-hybridized carbons (Fsp3) is 0.950. The first-order valence-corrected chi connectivity index (χ1v) is 10.1. The Balaban J connectivity index is 1.47. The van der Waals surface area contributed by atoms with E-state index in [9.17, 15) is 4.79 Å². The molecule has 0 radical (unpaired) electrons. The number of amides is 1. The van der Waals surface area contributed by atoms with Crippen molar-refractivity contribution < 1.29 is 9.53 Å². The normalized spacial score (nSPS) is 41.2. The van der Waals surface area contributed by atoms with E-state index in [1.54, 1.807) is 7.11 Å². The van der Waals surface area contributed by atoms with E-state index >= 15 is 0 Å². The number of carbonyl (C=O) groups is 1. The van der Waals surface area contributed by atoms with E-state index in [-0.39, 0.29) is 11.3 Å². The molecule has 1 unspecified atom stereocenters. The molecule has 4 bridgehead atoms. The van der Waals surface area contributed by atoms with Crippen molar-refractivity contribution in [3.63, 3.8) is 0 Å². The summed E-state index contributed by atoms with van der Waals surface area (Å²) in [6.07, 6.45) is 10.2. The average molecular weight is 335 g/mol. The molecule has 1 heterocycles. The number of hydrogen-bond acceptors (Lipinski definition) is 3. The summed E-state index contributed by atoms with van der Waals surface area (Å²) in [4.78, 5) is 13.2. The molecule has 4 aliphatic carbocycles. The van der Waals surface area contributed by atoms with Gasteiger partial charge in [-0.1, -0.05) is 0 Å². The fourth-order valence-electron chi connectivity index (χ4n) is 6.83. The summed E-state index contributed by atoms with van der Waals surface area (Å²) in [6.45, 7) is 4.67. The quantitative estimate of drug-likeness (QED) is 0.813. The number of carbonyl (C=O) groups excluding carboxylic acids is 1. The van der Waals surface area contributed by atoms with Gasteiger partial charge >= 0.3 is 0 Å². The summed E-state index contributed by atoms with van der Waals surface area (Å²) in [5, 5.41) is 6.86. The Morgan fingerprint density at radius 1 is 1.12 bits per heavy atom. The van der Waals surface area contributed by atoms with E-state index in [1.807, 2.05) is 0 Å². The zero-order valence-electron chi connectivity index (χ0n) is 15.4. The number of methoxy groups -OCH3 is 1. The van der Waals surface area contributed by atoms with Gasteiger partial charge in [0.25, 0.3) is 0 Å². The largest absolute Gasteiger partial charge is 0.384 e. The SMILES string of the molecule is COCC1(C(=O)NC(C)C23CC4CC(CC(C4)C2)C3)CCNCC1. The van der Waals surface area contributed by atoms with Crippen LogP contribution >= 0.6 is 0 Å². The summed E-state index contributed by atoms with van der Waals surface area (Å²) < 4.78 is 5.45. The molecule has 4 saturated carbocycles. The Morgan fingerprint density at radius 3 is 2.17 bits per heavy atom. The first-order valence-electron chi connectivity index (χ1n) is 10.1. The van der Waals surface area contributed by atoms with Crippen LogP contribution in [0.4, 0.5) is 0 Å². The van der Waals surface area contributed by atoms with Crippen molar-refractivity contribution in [1.82, 2.24) is 10.6 Å². The highest BCUT2D eigenvalue weighted by molar-refractivity contribution is 5.83. The van der Waals surface area contributed by atoms with Gasteiger partial charge in [0.1, 0.15) is 0 Å². The Labute approximate surface area is 146 Å². The van der Waals surface area contributed by atoms with Crippen molar-refractivity contribution in [2.75, 3.05) is 26.8 Å². The number of piperidine rings is 1. The second-order valence-electron chi connectivity index (χ2n) is 9.44. The van der Waals surface area contributed by atoms with Gasteiger partial charge in [0.15, 0.2) is 0 Å². The van der Waals surface area contributed by atoms with Crippen LogP contribution < -0.4 is 10.6 Å². The molecule has 0 aromatic rings. The van der Waals surface area contributed by atoms with Crippen molar-refractivity contribution in [3.8, 4) is 0 Å². The van der Waals surface area contributed by atoms with Gasteiger partial charge in [-0.05, 0) is 94.5 Å². The van der Waals surface area contributed by atoms with E-state index in [2.05, 4.69) is 17.6 Å². The molecule has 1 aliphatic heterocycles. The third-order valence-corrected chi connectivity index (χ3v) is 7.81. The predicted octanol–water partition coefficient (Wildman–Crippen LogP) is 2.72. The lowest BCUT2D eigenvalue weighted by Gasteiger charge is -2.59. The van der Waals surface area contributed by atoms with E-state index in [0.717, 1.165) is 43.7 Å². The Bertz CT molecular complexity index is 443. The molecule has 2 N–H and O–H groups in total. The minimum Gasteiger partial charge on any atom is -0.384 e. The van der Waals surface area contributed by atoms with Crippen LogP contribution in [-0.2, 0) is 9.53 Å². The average Bonchev–Trinajstić information content (AvgIpc) is 2.54. The molecule has 1 atom stereocenters. The van der Waals surface area contributed by atoms with Crippen LogP contribution in [0, 0.1) is 28.6 Å². The highest BCUT2D eigenvalue weighted by atomic mass is 16.5. The molecule has 4 nitrogen and oxygen atoms in total. The van der Waals surface area contributed by atoms with Gasteiger partial charge in [-0.25, -0.2) is 0 Å². The van der Waals surface area contributed by atoms with Crippen LogP contribution in [0.25, 0.3) is 0 Å². The molecular weight excluding hydrogens is 300 g/mol. The van der Waals surface area contributed by atoms with E-state index in [1.165, 1.54) is 38.5 Å². The van der Waals surface area contributed by atoms with Gasteiger partial charge in [0.05, 0.1) is 12.0 Å².